The van der Waals surface area contributed by atoms with E-state index in [9.17, 15) is 18.4 Å². The van der Waals surface area contributed by atoms with Crippen molar-refractivity contribution in [2.75, 3.05) is 12.8 Å². The van der Waals surface area contributed by atoms with Gasteiger partial charge in [-0.3, -0.25) is 14.8 Å². The normalized spacial score (nSPS) is 12.9. The molecule has 2 aromatic rings. The van der Waals surface area contributed by atoms with Crippen molar-refractivity contribution in [3.63, 3.8) is 0 Å². The Morgan fingerprint density at radius 1 is 1.09 bits per heavy atom. The molecule has 0 fully saturated rings. The van der Waals surface area contributed by atoms with Gasteiger partial charge in [0.1, 0.15) is 6.04 Å². The molecule has 0 bridgehead atoms. The van der Waals surface area contributed by atoms with E-state index in [2.05, 4.69) is 29.0 Å². The number of nitrogens with one attached hydrogen (secondary N) is 2. The van der Waals surface area contributed by atoms with E-state index >= 15 is 0 Å². The van der Waals surface area contributed by atoms with Gasteiger partial charge in [0.2, 0.25) is 0 Å². The first-order valence-electron chi connectivity index (χ1n) is 9.27. The SMILES string of the molecule is COC(C)(C(F)F)C(NC(=O)c1ccc(C#CC#Cc2ccccc2N)cc1)C(=O)NO. The maximum atomic E-state index is 13.4. The molecule has 0 radical (unpaired) electrons. The molecular formula is C23H21F2N3O4. The molecule has 2 amide bonds. The molecule has 2 rings (SSSR count). The van der Waals surface area contributed by atoms with Crippen LogP contribution in [-0.2, 0) is 9.53 Å². The molecule has 166 valence electrons. The number of hydrogen-bond acceptors (Lipinski definition) is 5. The lowest BCUT2D eigenvalue weighted by molar-refractivity contribution is -0.157. The monoisotopic (exact) mass is 441 g/mol. The van der Waals surface area contributed by atoms with E-state index in [0.717, 1.165) is 14.0 Å². The fourth-order valence-corrected chi connectivity index (χ4v) is 2.60. The van der Waals surface area contributed by atoms with Gasteiger partial charge in [-0.05, 0) is 55.2 Å². The average molecular weight is 441 g/mol. The molecule has 2 aromatic carbocycles. The maximum Gasteiger partial charge on any atom is 0.269 e. The number of ether oxygens (including phenoxy) is 1. The number of nitrogens with two attached hydrogens (primary N) is 1. The number of hydroxylamine groups is 1. The van der Waals surface area contributed by atoms with Gasteiger partial charge in [0.15, 0.2) is 5.60 Å². The quantitative estimate of drug-likeness (QED) is 0.237. The third-order valence-corrected chi connectivity index (χ3v) is 4.67. The summed E-state index contributed by atoms with van der Waals surface area (Å²) in [5.74, 6) is 8.93. The van der Waals surface area contributed by atoms with E-state index in [1.54, 1.807) is 18.2 Å². The third kappa shape index (κ3) is 5.82. The van der Waals surface area contributed by atoms with Crippen LogP contribution < -0.4 is 16.5 Å². The molecule has 0 aromatic heterocycles. The number of carbonyl (C=O) groups excluding carboxylic acids is 2. The lowest BCUT2D eigenvalue weighted by atomic mass is 9.95. The Labute approximate surface area is 183 Å². The summed E-state index contributed by atoms with van der Waals surface area (Å²) in [7, 11) is 0.971. The van der Waals surface area contributed by atoms with E-state index in [-0.39, 0.29) is 5.56 Å². The minimum Gasteiger partial charge on any atom is -0.398 e. The molecule has 0 spiro atoms. The van der Waals surface area contributed by atoms with Crippen molar-refractivity contribution in [3.8, 4) is 23.7 Å². The first kappa shape index (κ1) is 24.4. The van der Waals surface area contributed by atoms with Crippen LogP contribution in [-0.4, -0.2) is 42.2 Å². The lowest BCUT2D eigenvalue weighted by Gasteiger charge is -2.34. The zero-order chi connectivity index (χ0) is 23.7. The Bertz CT molecular complexity index is 1100. The summed E-state index contributed by atoms with van der Waals surface area (Å²) >= 11 is 0. The van der Waals surface area contributed by atoms with Gasteiger partial charge in [0, 0.05) is 29.5 Å². The van der Waals surface area contributed by atoms with Crippen molar-refractivity contribution in [2.45, 2.75) is 25.0 Å². The second kappa shape index (κ2) is 10.9. The van der Waals surface area contributed by atoms with Crippen LogP contribution in [0.5, 0.6) is 0 Å². The molecule has 0 saturated carbocycles. The Kier molecular flexibility index (Phi) is 8.31. The van der Waals surface area contributed by atoms with Crippen molar-refractivity contribution in [3.05, 3.63) is 65.2 Å². The van der Waals surface area contributed by atoms with E-state index in [4.69, 9.17) is 15.7 Å². The molecule has 2 unspecified atom stereocenters. The first-order chi connectivity index (χ1) is 15.2. The molecule has 2 atom stereocenters. The van der Waals surface area contributed by atoms with Crippen LogP contribution >= 0.6 is 0 Å². The third-order valence-electron chi connectivity index (χ3n) is 4.67. The van der Waals surface area contributed by atoms with Gasteiger partial charge in [-0.15, -0.1) is 0 Å². The van der Waals surface area contributed by atoms with Crippen molar-refractivity contribution >= 4 is 17.5 Å². The van der Waals surface area contributed by atoms with E-state index in [1.165, 1.54) is 29.7 Å². The summed E-state index contributed by atoms with van der Waals surface area (Å²) in [4.78, 5) is 24.4. The number of hydrogen-bond donors (Lipinski definition) is 4. The highest BCUT2D eigenvalue weighted by molar-refractivity contribution is 5.97. The molecule has 0 aliphatic rings. The van der Waals surface area contributed by atoms with Crippen LogP contribution in [0.4, 0.5) is 14.5 Å². The van der Waals surface area contributed by atoms with Crippen molar-refractivity contribution < 1.29 is 28.3 Å². The summed E-state index contributed by atoms with van der Waals surface area (Å²) in [6.07, 6.45) is -3.12. The largest absolute Gasteiger partial charge is 0.398 e. The number of anilines is 1. The minimum atomic E-state index is -3.12. The van der Waals surface area contributed by atoms with Crippen molar-refractivity contribution in [1.29, 1.82) is 0 Å². The van der Waals surface area contributed by atoms with E-state index in [1.807, 2.05) is 6.07 Å². The summed E-state index contributed by atoms with van der Waals surface area (Å²) < 4.78 is 31.6. The number of rotatable bonds is 6. The van der Waals surface area contributed by atoms with Crippen molar-refractivity contribution in [1.82, 2.24) is 10.8 Å². The summed E-state index contributed by atoms with van der Waals surface area (Å²) in [6, 6.07) is 11.1. The molecule has 32 heavy (non-hydrogen) atoms. The fraction of sp³-hybridized carbons (Fsp3) is 0.217. The van der Waals surface area contributed by atoms with Gasteiger partial charge < -0.3 is 15.8 Å². The molecule has 0 aliphatic carbocycles. The van der Waals surface area contributed by atoms with E-state index < -0.39 is 29.9 Å². The number of nitrogen functional groups attached to an aromatic ring is 1. The number of para-hydroxylation sites is 1. The van der Waals surface area contributed by atoms with Gasteiger partial charge in [-0.25, -0.2) is 14.3 Å². The van der Waals surface area contributed by atoms with Gasteiger partial charge >= 0.3 is 0 Å². The Balaban J connectivity index is 2.15. The van der Waals surface area contributed by atoms with Crippen LogP contribution in [0.3, 0.4) is 0 Å². The highest BCUT2D eigenvalue weighted by Gasteiger charge is 2.48. The Hall–Kier alpha value is -3.92. The van der Waals surface area contributed by atoms with Crippen molar-refractivity contribution in [2.24, 2.45) is 0 Å². The molecule has 7 nitrogen and oxygen atoms in total. The second-order valence-corrected chi connectivity index (χ2v) is 6.74. The van der Waals surface area contributed by atoms with Crippen LogP contribution in [0.2, 0.25) is 0 Å². The number of amides is 2. The smallest absolute Gasteiger partial charge is 0.269 e. The Morgan fingerprint density at radius 2 is 1.72 bits per heavy atom. The molecule has 5 N–H and O–H groups in total. The van der Waals surface area contributed by atoms with Crippen LogP contribution in [0.1, 0.15) is 28.4 Å². The van der Waals surface area contributed by atoms with Crippen LogP contribution in [0.15, 0.2) is 48.5 Å². The van der Waals surface area contributed by atoms with Crippen LogP contribution in [0.25, 0.3) is 0 Å². The molecule has 0 aliphatic heterocycles. The zero-order valence-electron chi connectivity index (χ0n) is 17.3. The highest BCUT2D eigenvalue weighted by Crippen LogP contribution is 2.24. The fourth-order valence-electron chi connectivity index (χ4n) is 2.60. The van der Waals surface area contributed by atoms with E-state index in [0.29, 0.717) is 16.8 Å². The summed E-state index contributed by atoms with van der Waals surface area (Å²) in [5.41, 5.74) is 6.53. The molecule has 0 saturated heterocycles. The summed E-state index contributed by atoms with van der Waals surface area (Å²) in [6.45, 7) is 0.945. The number of halogens is 2. The first-order valence-corrected chi connectivity index (χ1v) is 9.27. The zero-order valence-corrected chi connectivity index (χ0v) is 17.3. The molecule has 9 heteroatoms. The second-order valence-electron chi connectivity index (χ2n) is 6.74. The Morgan fingerprint density at radius 3 is 2.28 bits per heavy atom. The molecular weight excluding hydrogens is 420 g/mol. The lowest BCUT2D eigenvalue weighted by Crippen LogP contribution is -2.62. The summed E-state index contributed by atoms with van der Waals surface area (Å²) in [5, 5.41) is 11.0. The number of carbonyl (C=O) groups is 2. The minimum absolute atomic E-state index is 0.0853. The van der Waals surface area contributed by atoms with Gasteiger partial charge in [-0.2, -0.15) is 0 Å². The molecule has 0 heterocycles. The van der Waals surface area contributed by atoms with Gasteiger partial charge in [0.05, 0.1) is 0 Å². The topological polar surface area (TPSA) is 114 Å². The maximum absolute atomic E-state index is 13.4. The predicted molar refractivity (Wildman–Crippen MR) is 114 cm³/mol. The number of alkyl halides is 2. The predicted octanol–water partition coefficient (Wildman–Crippen LogP) is 1.95. The van der Waals surface area contributed by atoms with Gasteiger partial charge in [0.25, 0.3) is 18.2 Å². The standard InChI is InChI=1S/C23H21F2N3O4/c1-23(32-2,22(24)25)19(21(30)28-31)27-20(29)17-13-11-15(12-14-17)7-3-4-8-16-9-5-6-10-18(16)26/h5-6,9-14,19,22,31H,26H2,1-2H3,(H,27,29)(H,28,30). The number of benzene rings is 2. The van der Waals surface area contributed by atoms with Gasteiger partial charge in [-0.1, -0.05) is 24.0 Å². The highest BCUT2D eigenvalue weighted by atomic mass is 19.3. The number of methoxy groups -OCH3 is 1. The van der Waals surface area contributed by atoms with Crippen LogP contribution in [0, 0.1) is 23.7 Å². The average Bonchev–Trinajstić information content (AvgIpc) is 2.80.